The molecule has 1 aliphatic rings. The van der Waals surface area contributed by atoms with Crippen LogP contribution in [0.3, 0.4) is 0 Å². The molecule has 2 atom stereocenters. The van der Waals surface area contributed by atoms with Crippen molar-refractivity contribution in [3.05, 3.63) is 78.1 Å². The zero-order valence-electron chi connectivity index (χ0n) is 25.7. The number of rotatable bonds is 16. The SMILES string of the molecule is C=C(OC)/C(F)=C(/F)C(=C)C(C)CCC(C)COc1ccc(C2CCC(OCCCC)CC2)c(F)c1F.C=CCC. The number of unbranched alkanes of at least 4 members (excludes halogenated alkanes) is 1. The van der Waals surface area contributed by atoms with Gasteiger partial charge in [0.15, 0.2) is 23.2 Å². The molecule has 0 aliphatic heterocycles. The van der Waals surface area contributed by atoms with Crippen LogP contribution in [0.2, 0.25) is 0 Å². The number of allylic oxidation sites excluding steroid dienone is 4. The smallest absolute Gasteiger partial charge is 0.200 e. The number of ether oxygens (including phenoxy) is 3. The molecule has 1 aromatic rings. The lowest BCUT2D eigenvalue weighted by molar-refractivity contribution is 0.0230. The van der Waals surface area contributed by atoms with Gasteiger partial charge in [-0.25, -0.2) is 8.78 Å². The molecule has 1 aromatic carbocycles. The summed E-state index contributed by atoms with van der Waals surface area (Å²) in [5.41, 5.74) is 0.421. The molecule has 1 saturated carbocycles. The molecule has 0 radical (unpaired) electrons. The Bertz CT molecular complexity index is 996. The molecule has 41 heavy (non-hydrogen) atoms. The molecule has 2 rings (SSSR count). The second-order valence-corrected chi connectivity index (χ2v) is 10.9. The van der Waals surface area contributed by atoms with E-state index in [4.69, 9.17) is 9.47 Å². The number of methoxy groups -OCH3 is 1. The molecule has 0 saturated heterocycles. The van der Waals surface area contributed by atoms with Crippen LogP contribution >= 0.6 is 0 Å². The third-order valence-electron chi connectivity index (χ3n) is 7.51. The van der Waals surface area contributed by atoms with Gasteiger partial charge in [-0.05, 0) is 86.3 Å². The summed E-state index contributed by atoms with van der Waals surface area (Å²) in [7, 11) is 1.21. The van der Waals surface area contributed by atoms with Gasteiger partial charge in [0.1, 0.15) is 5.76 Å². The van der Waals surface area contributed by atoms with E-state index in [2.05, 4.69) is 38.3 Å². The maximum absolute atomic E-state index is 14.9. The third-order valence-corrected chi connectivity index (χ3v) is 7.51. The first kappa shape index (κ1) is 36.5. The van der Waals surface area contributed by atoms with Crippen LogP contribution in [0.1, 0.15) is 97.0 Å². The van der Waals surface area contributed by atoms with Crippen LogP contribution in [-0.4, -0.2) is 26.4 Å². The van der Waals surface area contributed by atoms with Crippen molar-refractivity contribution in [2.75, 3.05) is 20.3 Å². The fourth-order valence-electron chi connectivity index (χ4n) is 4.50. The van der Waals surface area contributed by atoms with Crippen molar-refractivity contribution >= 4 is 0 Å². The van der Waals surface area contributed by atoms with Crippen molar-refractivity contribution in [1.29, 1.82) is 0 Å². The van der Waals surface area contributed by atoms with Gasteiger partial charge in [0.05, 0.1) is 19.8 Å². The predicted molar refractivity (Wildman–Crippen MR) is 160 cm³/mol. The van der Waals surface area contributed by atoms with Crippen molar-refractivity contribution in [2.45, 2.75) is 97.5 Å². The van der Waals surface area contributed by atoms with Crippen molar-refractivity contribution in [3.8, 4) is 5.75 Å². The van der Waals surface area contributed by atoms with E-state index < -0.39 is 29.0 Å². The molecular weight excluding hydrogens is 532 g/mol. The fourth-order valence-corrected chi connectivity index (χ4v) is 4.50. The zero-order chi connectivity index (χ0) is 30.9. The minimum absolute atomic E-state index is 0.0220. The molecule has 2 unspecified atom stereocenters. The van der Waals surface area contributed by atoms with Crippen LogP contribution in [0, 0.1) is 23.5 Å². The van der Waals surface area contributed by atoms with Gasteiger partial charge in [-0.1, -0.05) is 59.4 Å². The quantitative estimate of drug-likeness (QED) is 0.0638. The van der Waals surface area contributed by atoms with Crippen LogP contribution in [0.4, 0.5) is 17.6 Å². The van der Waals surface area contributed by atoms with E-state index >= 15 is 0 Å². The lowest BCUT2D eigenvalue weighted by Crippen LogP contribution is -2.22. The van der Waals surface area contributed by atoms with Gasteiger partial charge in [0, 0.05) is 6.61 Å². The Morgan fingerprint density at radius 1 is 1.00 bits per heavy atom. The first-order chi connectivity index (χ1) is 19.5. The highest BCUT2D eigenvalue weighted by atomic mass is 19.2. The average molecular weight is 583 g/mol. The normalized spacial score (nSPS) is 18.8. The van der Waals surface area contributed by atoms with E-state index in [9.17, 15) is 17.6 Å². The van der Waals surface area contributed by atoms with Gasteiger partial charge in [-0.15, -0.1) is 6.58 Å². The molecule has 3 nitrogen and oxygen atoms in total. The maximum Gasteiger partial charge on any atom is 0.200 e. The second-order valence-electron chi connectivity index (χ2n) is 10.9. The van der Waals surface area contributed by atoms with Gasteiger partial charge in [0.25, 0.3) is 0 Å². The highest BCUT2D eigenvalue weighted by Crippen LogP contribution is 2.37. The fraction of sp³-hybridized carbons (Fsp3) is 0.588. The van der Waals surface area contributed by atoms with E-state index in [1.807, 2.05) is 13.0 Å². The van der Waals surface area contributed by atoms with E-state index in [0.29, 0.717) is 18.4 Å². The summed E-state index contributed by atoms with van der Waals surface area (Å²) in [4.78, 5) is 0. The zero-order valence-corrected chi connectivity index (χ0v) is 25.7. The van der Waals surface area contributed by atoms with Crippen molar-refractivity contribution in [3.63, 3.8) is 0 Å². The molecule has 0 spiro atoms. The van der Waals surface area contributed by atoms with Gasteiger partial charge < -0.3 is 14.2 Å². The first-order valence-electron chi connectivity index (χ1n) is 14.8. The third kappa shape index (κ3) is 12.1. The van der Waals surface area contributed by atoms with Crippen LogP contribution in [-0.2, 0) is 9.47 Å². The molecule has 0 aromatic heterocycles. The Kier molecular flexibility index (Phi) is 17.4. The summed E-state index contributed by atoms with van der Waals surface area (Å²) in [6.45, 7) is 19.2. The Labute approximate surface area is 245 Å². The first-order valence-corrected chi connectivity index (χ1v) is 14.8. The van der Waals surface area contributed by atoms with E-state index in [-0.39, 0.29) is 41.8 Å². The minimum atomic E-state index is -1.16. The van der Waals surface area contributed by atoms with E-state index in [1.165, 1.54) is 13.2 Å². The molecule has 7 heteroatoms. The Morgan fingerprint density at radius 2 is 1.63 bits per heavy atom. The monoisotopic (exact) mass is 582 g/mol. The molecule has 0 bridgehead atoms. The Morgan fingerprint density at radius 3 is 2.20 bits per heavy atom. The van der Waals surface area contributed by atoms with Crippen LogP contribution in [0.15, 0.2) is 60.9 Å². The molecule has 1 aliphatic carbocycles. The minimum Gasteiger partial charge on any atom is -0.494 e. The number of benzene rings is 1. The summed E-state index contributed by atoms with van der Waals surface area (Å²) in [5.74, 6) is -4.93. The van der Waals surface area contributed by atoms with Crippen LogP contribution in [0.5, 0.6) is 5.75 Å². The Balaban J connectivity index is 0.00000196. The molecule has 0 amide bonds. The van der Waals surface area contributed by atoms with Crippen molar-refractivity contribution in [1.82, 2.24) is 0 Å². The van der Waals surface area contributed by atoms with E-state index in [0.717, 1.165) is 51.6 Å². The number of halogens is 4. The molecule has 0 heterocycles. The van der Waals surface area contributed by atoms with Crippen LogP contribution < -0.4 is 4.74 Å². The molecule has 232 valence electrons. The van der Waals surface area contributed by atoms with E-state index in [1.54, 1.807) is 13.0 Å². The summed E-state index contributed by atoms with van der Waals surface area (Å²) in [6.07, 6.45) is 9.65. The predicted octanol–water partition coefficient (Wildman–Crippen LogP) is 10.7. The molecule has 0 N–H and O–H groups in total. The highest BCUT2D eigenvalue weighted by Gasteiger charge is 2.27. The highest BCUT2D eigenvalue weighted by molar-refractivity contribution is 5.34. The van der Waals surface area contributed by atoms with Crippen molar-refractivity contribution in [2.24, 2.45) is 11.8 Å². The standard InChI is InChI=1S/C30H42F4O3.C4H8/c1-7-8-17-36-24-13-11-23(12-14-24)25-15-16-26(30(34)29(25)33)37-18-19(2)9-10-20(3)21(4)27(31)28(32)22(5)35-6;1-3-4-2/h15-16,19-20,23-24H,4-5,7-14,17-18H2,1-3,6H3;3H,1,4H2,2H3/b28-27-;. The summed E-state index contributed by atoms with van der Waals surface area (Å²) >= 11 is 0. The largest absolute Gasteiger partial charge is 0.494 e. The lowest BCUT2D eigenvalue weighted by atomic mass is 9.82. The topological polar surface area (TPSA) is 27.7 Å². The van der Waals surface area contributed by atoms with Gasteiger partial charge in [0.2, 0.25) is 5.82 Å². The Hall–Kier alpha value is -2.54. The summed E-state index contributed by atoms with van der Waals surface area (Å²) < 4.78 is 74.0. The molecule has 1 fully saturated rings. The van der Waals surface area contributed by atoms with Gasteiger partial charge in [-0.2, -0.15) is 8.78 Å². The summed E-state index contributed by atoms with van der Waals surface area (Å²) in [5, 5.41) is 0. The lowest BCUT2D eigenvalue weighted by Gasteiger charge is -2.29. The van der Waals surface area contributed by atoms with Crippen molar-refractivity contribution < 1.29 is 31.8 Å². The number of hydrogen-bond donors (Lipinski definition) is 0. The van der Waals surface area contributed by atoms with Gasteiger partial charge in [-0.3, -0.25) is 0 Å². The second kappa shape index (κ2) is 19.6. The average Bonchev–Trinajstić information content (AvgIpc) is 2.99. The maximum atomic E-state index is 14.9. The molecular formula is C34H50F4O3. The summed E-state index contributed by atoms with van der Waals surface area (Å²) in [6, 6.07) is 3.13. The van der Waals surface area contributed by atoms with Crippen LogP contribution in [0.25, 0.3) is 0 Å². The number of hydrogen-bond acceptors (Lipinski definition) is 3. The van der Waals surface area contributed by atoms with Gasteiger partial charge >= 0.3 is 0 Å².